The van der Waals surface area contributed by atoms with Crippen molar-refractivity contribution in [2.45, 2.75) is 12.5 Å². The Bertz CT molecular complexity index is 453. The third-order valence-electron chi connectivity index (χ3n) is 2.14. The molecule has 1 aromatic rings. The Hall–Kier alpha value is -0.620. The summed E-state index contributed by atoms with van der Waals surface area (Å²) in [7, 11) is -3.31. The van der Waals surface area contributed by atoms with E-state index < -0.39 is 15.6 Å². The lowest BCUT2D eigenvalue weighted by Crippen LogP contribution is -2.38. The maximum absolute atomic E-state index is 10.9. The van der Waals surface area contributed by atoms with Crippen LogP contribution in [0.2, 0.25) is 5.02 Å². The smallest absolute Gasteiger partial charge is 0.208 e. The highest BCUT2D eigenvalue weighted by Crippen LogP contribution is 2.21. The molecule has 0 fully saturated rings. The fourth-order valence-electron chi connectivity index (χ4n) is 1.18. The molecular formula is C10H14ClNO3S. The average molecular weight is 264 g/mol. The van der Waals surface area contributed by atoms with Gasteiger partial charge in [0.1, 0.15) is 5.60 Å². The largest absolute Gasteiger partial charge is 0.384 e. The van der Waals surface area contributed by atoms with Crippen LogP contribution in [0.15, 0.2) is 24.3 Å². The van der Waals surface area contributed by atoms with Crippen molar-refractivity contribution in [3.63, 3.8) is 0 Å². The molecule has 0 aromatic heterocycles. The quantitative estimate of drug-likeness (QED) is 0.855. The summed E-state index contributed by atoms with van der Waals surface area (Å²) in [5.41, 5.74) is -0.652. The van der Waals surface area contributed by atoms with Gasteiger partial charge < -0.3 is 5.11 Å². The van der Waals surface area contributed by atoms with E-state index in [1.165, 1.54) is 6.92 Å². The molecule has 0 aliphatic carbocycles. The first kappa shape index (κ1) is 13.4. The van der Waals surface area contributed by atoms with Crippen LogP contribution in [-0.4, -0.2) is 26.3 Å². The average Bonchev–Trinajstić information content (AvgIpc) is 2.15. The third-order valence-corrected chi connectivity index (χ3v) is 3.07. The normalized spacial score (nSPS) is 15.8. The van der Waals surface area contributed by atoms with E-state index in [0.717, 1.165) is 6.26 Å². The molecule has 4 nitrogen and oxygen atoms in total. The number of hydrogen-bond acceptors (Lipinski definition) is 3. The Morgan fingerprint density at radius 1 is 1.38 bits per heavy atom. The van der Waals surface area contributed by atoms with Gasteiger partial charge in [0, 0.05) is 11.6 Å². The lowest BCUT2D eigenvalue weighted by molar-refractivity contribution is 0.0628. The maximum Gasteiger partial charge on any atom is 0.208 e. The van der Waals surface area contributed by atoms with Crippen molar-refractivity contribution < 1.29 is 13.5 Å². The molecule has 0 spiro atoms. The van der Waals surface area contributed by atoms with Gasteiger partial charge in [-0.25, -0.2) is 13.1 Å². The minimum atomic E-state index is -3.31. The van der Waals surface area contributed by atoms with E-state index in [9.17, 15) is 13.5 Å². The summed E-state index contributed by atoms with van der Waals surface area (Å²) in [6, 6.07) is 6.61. The van der Waals surface area contributed by atoms with Crippen molar-refractivity contribution in [1.29, 1.82) is 0 Å². The first-order chi connectivity index (χ1) is 7.21. The highest BCUT2D eigenvalue weighted by Gasteiger charge is 2.24. The molecule has 0 bridgehead atoms. The number of benzene rings is 1. The summed E-state index contributed by atoms with van der Waals surface area (Å²) in [4.78, 5) is 0. The number of sulfonamides is 1. The second kappa shape index (κ2) is 4.71. The van der Waals surface area contributed by atoms with Gasteiger partial charge in [-0.15, -0.1) is 0 Å². The van der Waals surface area contributed by atoms with Gasteiger partial charge in [0.05, 0.1) is 6.26 Å². The van der Waals surface area contributed by atoms with Gasteiger partial charge in [-0.3, -0.25) is 0 Å². The van der Waals surface area contributed by atoms with E-state index >= 15 is 0 Å². The van der Waals surface area contributed by atoms with E-state index in [0.29, 0.717) is 10.6 Å². The Labute approximate surface area is 100 Å². The highest BCUT2D eigenvalue weighted by atomic mass is 35.5. The van der Waals surface area contributed by atoms with E-state index in [1.54, 1.807) is 24.3 Å². The summed E-state index contributed by atoms with van der Waals surface area (Å²) in [5.74, 6) is 0. The van der Waals surface area contributed by atoms with Crippen LogP contribution < -0.4 is 4.72 Å². The van der Waals surface area contributed by atoms with E-state index in [4.69, 9.17) is 11.6 Å². The van der Waals surface area contributed by atoms with E-state index in [2.05, 4.69) is 4.72 Å². The van der Waals surface area contributed by atoms with Crippen LogP contribution in [0.3, 0.4) is 0 Å². The zero-order valence-corrected chi connectivity index (χ0v) is 10.6. The first-order valence-electron chi connectivity index (χ1n) is 4.64. The molecule has 1 unspecified atom stereocenters. The van der Waals surface area contributed by atoms with Gasteiger partial charge in [0.2, 0.25) is 10.0 Å². The Balaban J connectivity index is 2.81. The second-order valence-electron chi connectivity index (χ2n) is 3.87. The third kappa shape index (κ3) is 4.09. The lowest BCUT2D eigenvalue weighted by atomic mass is 9.97. The molecule has 16 heavy (non-hydrogen) atoms. The summed E-state index contributed by atoms with van der Waals surface area (Å²) in [6.45, 7) is 1.46. The molecule has 0 radical (unpaired) electrons. The Kier molecular flexibility index (Phi) is 3.96. The number of hydrogen-bond donors (Lipinski definition) is 2. The van der Waals surface area contributed by atoms with Crippen LogP contribution in [0, 0.1) is 0 Å². The van der Waals surface area contributed by atoms with Crippen LogP contribution >= 0.6 is 11.6 Å². The minimum absolute atomic E-state index is 0.0759. The molecule has 1 atom stereocenters. The fourth-order valence-corrected chi connectivity index (χ4v) is 1.85. The Morgan fingerprint density at radius 2 is 1.88 bits per heavy atom. The van der Waals surface area contributed by atoms with Crippen molar-refractivity contribution in [2.75, 3.05) is 12.8 Å². The fraction of sp³-hybridized carbons (Fsp3) is 0.400. The summed E-state index contributed by atoms with van der Waals surface area (Å²) < 4.78 is 24.1. The van der Waals surface area contributed by atoms with Crippen LogP contribution in [0.4, 0.5) is 0 Å². The molecule has 2 N–H and O–H groups in total. The molecule has 0 saturated heterocycles. The number of aliphatic hydroxyl groups is 1. The summed E-state index contributed by atoms with van der Waals surface area (Å²) in [6.07, 6.45) is 1.05. The first-order valence-corrected chi connectivity index (χ1v) is 6.91. The van der Waals surface area contributed by atoms with Gasteiger partial charge in [0.15, 0.2) is 0 Å². The number of halogens is 1. The van der Waals surface area contributed by atoms with Gasteiger partial charge in [0.25, 0.3) is 0 Å². The summed E-state index contributed by atoms with van der Waals surface area (Å²) in [5, 5.41) is 10.6. The molecule has 0 amide bonds. The maximum atomic E-state index is 10.9. The van der Waals surface area contributed by atoms with E-state index in [1.807, 2.05) is 0 Å². The molecule has 1 rings (SSSR count). The summed E-state index contributed by atoms with van der Waals surface area (Å²) >= 11 is 5.72. The molecular weight excluding hydrogens is 250 g/mol. The predicted octanol–water partition coefficient (Wildman–Crippen LogP) is 1.10. The van der Waals surface area contributed by atoms with Crippen LogP contribution in [0.5, 0.6) is 0 Å². The van der Waals surface area contributed by atoms with Crippen LogP contribution in [-0.2, 0) is 15.6 Å². The second-order valence-corrected chi connectivity index (χ2v) is 6.14. The topological polar surface area (TPSA) is 66.4 Å². The standard InChI is InChI=1S/C10H14ClNO3S/c1-10(13,7-12-16(2,14)15)8-3-5-9(11)6-4-8/h3-6,12-13H,7H2,1-2H3. The SMILES string of the molecule is CC(O)(CNS(C)(=O)=O)c1ccc(Cl)cc1. The van der Waals surface area contributed by atoms with Gasteiger partial charge >= 0.3 is 0 Å². The monoisotopic (exact) mass is 263 g/mol. The van der Waals surface area contributed by atoms with Crippen molar-refractivity contribution in [3.8, 4) is 0 Å². The van der Waals surface area contributed by atoms with Crippen molar-refractivity contribution >= 4 is 21.6 Å². The van der Waals surface area contributed by atoms with Gasteiger partial charge in [-0.1, -0.05) is 23.7 Å². The molecule has 0 aliphatic heterocycles. The minimum Gasteiger partial charge on any atom is -0.384 e. The molecule has 6 heteroatoms. The molecule has 0 aliphatic rings. The van der Waals surface area contributed by atoms with Crippen LogP contribution in [0.1, 0.15) is 12.5 Å². The van der Waals surface area contributed by atoms with Crippen molar-refractivity contribution in [1.82, 2.24) is 4.72 Å². The molecule has 0 saturated carbocycles. The molecule has 0 heterocycles. The predicted molar refractivity (Wildman–Crippen MR) is 63.9 cm³/mol. The molecule has 90 valence electrons. The van der Waals surface area contributed by atoms with Crippen LogP contribution in [0.25, 0.3) is 0 Å². The Morgan fingerprint density at radius 3 is 2.31 bits per heavy atom. The van der Waals surface area contributed by atoms with Gasteiger partial charge in [-0.05, 0) is 24.6 Å². The van der Waals surface area contributed by atoms with E-state index in [-0.39, 0.29) is 6.54 Å². The van der Waals surface area contributed by atoms with Gasteiger partial charge in [-0.2, -0.15) is 0 Å². The molecule has 1 aromatic carbocycles. The zero-order valence-electron chi connectivity index (χ0n) is 9.07. The highest BCUT2D eigenvalue weighted by molar-refractivity contribution is 7.88. The van der Waals surface area contributed by atoms with Crippen molar-refractivity contribution in [2.24, 2.45) is 0 Å². The lowest BCUT2D eigenvalue weighted by Gasteiger charge is -2.23. The zero-order chi connectivity index (χ0) is 12.4. The number of nitrogens with one attached hydrogen (secondary N) is 1. The van der Waals surface area contributed by atoms with Crippen molar-refractivity contribution in [3.05, 3.63) is 34.9 Å². The number of rotatable bonds is 4.